The zero-order chi connectivity index (χ0) is 11.5. The van der Waals surface area contributed by atoms with Crippen LogP contribution in [0, 0.1) is 0 Å². The number of aliphatic hydroxyl groups is 1. The largest absolute Gasteiger partial charge is 0.394 e. The maximum absolute atomic E-state index is 11.3. The summed E-state index contributed by atoms with van der Waals surface area (Å²) in [5, 5.41) is 12.7. The van der Waals surface area contributed by atoms with E-state index in [-0.39, 0.29) is 29.7 Å². The van der Waals surface area contributed by atoms with Crippen molar-refractivity contribution >= 4 is 9.84 Å². The first-order valence-electron chi connectivity index (χ1n) is 5.56. The van der Waals surface area contributed by atoms with Crippen LogP contribution in [-0.4, -0.2) is 43.2 Å². The first kappa shape index (κ1) is 12.9. The molecule has 1 unspecified atom stereocenters. The summed E-state index contributed by atoms with van der Waals surface area (Å²) < 4.78 is 22.6. The van der Waals surface area contributed by atoms with E-state index in [1.54, 1.807) is 0 Å². The minimum atomic E-state index is -2.84. The molecule has 90 valence electrons. The summed E-state index contributed by atoms with van der Waals surface area (Å²) in [4.78, 5) is 0. The minimum Gasteiger partial charge on any atom is -0.394 e. The molecule has 1 rings (SSSR count). The highest BCUT2D eigenvalue weighted by Gasteiger charge is 2.34. The third-order valence-corrected chi connectivity index (χ3v) is 5.17. The van der Waals surface area contributed by atoms with Gasteiger partial charge in [0, 0.05) is 11.6 Å². The predicted octanol–water partition coefficient (Wildman–Crippen LogP) is 0.314. The fourth-order valence-electron chi connectivity index (χ4n) is 2.07. The average molecular weight is 235 g/mol. The van der Waals surface area contributed by atoms with Crippen molar-refractivity contribution in [3.8, 4) is 0 Å². The molecule has 0 bridgehead atoms. The molecule has 0 radical (unpaired) electrons. The van der Waals surface area contributed by atoms with Crippen molar-refractivity contribution in [3.63, 3.8) is 0 Å². The molecule has 0 spiro atoms. The van der Waals surface area contributed by atoms with Gasteiger partial charge < -0.3 is 10.4 Å². The first-order valence-corrected chi connectivity index (χ1v) is 7.38. The highest BCUT2D eigenvalue weighted by atomic mass is 32.2. The smallest absolute Gasteiger partial charge is 0.151 e. The van der Waals surface area contributed by atoms with Gasteiger partial charge in [0.05, 0.1) is 18.1 Å². The predicted molar refractivity (Wildman–Crippen MR) is 60.6 cm³/mol. The second kappa shape index (κ2) is 4.80. The van der Waals surface area contributed by atoms with Crippen LogP contribution < -0.4 is 5.32 Å². The van der Waals surface area contributed by atoms with Gasteiger partial charge in [0.1, 0.15) is 0 Å². The van der Waals surface area contributed by atoms with Crippen LogP contribution in [0.3, 0.4) is 0 Å². The summed E-state index contributed by atoms with van der Waals surface area (Å²) in [5.41, 5.74) is -0.301. The Morgan fingerprint density at radius 3 is 2.33 bits per heavy atom. The van der Waals surface area contributed by atoms with Crippen LogP contribution in [0.15, 0.2) is 0 Å². The molecule has 0 aromatic rings. The van der Waals surface area contributed by atoms with Crippen LogP contribution in [0.1, 0.15) is 33.1 Å². The molecule has 1 saturated heterocycles. The second-order valence-corrected chi connectivity index (χ2v) is 6.62. The van der Waals surface area contributed by atoms with E-state index in [0.29, 0.717) is 6.42 Å². The van der Waals surface area contributed by atoms with Gasteiger partial charge in [0.2, 0.25) is 0 Å². The van der Waals surface area contributed by atoms with E-state index < -0.39 is 9.84 Å². The Morgan fingerprint density at radius 1 is 1.40 bits per heavy atom. The third kappa shape index (κ3) is 3.16. The zero-order valence-electron chi connectivity index (χ0n) is 9.49. The molecule has 1 aliphatic heterocycles. The van der Waals surface area contributed by atoms with Gasteiger partial charge in [0.25, 0.3) is 0 Å². The fourth-order valence-corrected chi connectivity index (χ4v) is 3.74. The SMILES string of the molecule is CCC(CC)(CO)NC1CCS(=O)(=O)C1. The molecule has 0 aromatic heterocycles. The monoisotopic (exact) mass is 235 g/mol. The van der Waals surface area contributed by atoms with Crippen LogP contribution in [0.25, 0.3) is 0 Å². The molecule has 0 amide bonds. The van der Waals surface area contributed by atoms with E-state index in [4.69, 9.17) is 0 Å². The third-order valence-electron chi connectivity index (χ3n) is 3.40. The Balaban J connectivity index is 2.61. The summed E-state index contributed by atoms with van der Waals surface area (Å²) in [7, 11) is -2.84. The number of rotatable bonds is 5. The fraction of sp³-hybridized carbons (Fsp3) is 1.00. The molecule has 2 N–H and O–H groups in total. The lowest BCUT2D eigenvalue weighted by atomic mass is 9.92. The van der Waals surface area contributed by atoms with Gasteiger partial charge in [-0.05, 0) is 19.3 Å². The van der Waals surface area contributed by atoms with Gasteiger partial charge in [0.15, 0.2) is 9.84 Å². The van der Waals surface area contributed by atoms with Crippen molar-refractivity contribution in [2.24, 2.45) is 0 Å². The van der Waals surface area contributed by atoms with Crippen LogP contribution in [-0.2, 0) is 9.84 Å². The zero-order valence-corrected chi connectivity index (χ0v) is 10.3. The number of hydrogen-bond donors (Lipinski definition) is 2. The molecule has 0 aliphatic carbocycles. The lowest BCUT2D eigenvalue weighted by molar-refractivity contribution is 0.140. The quantitative estimate of drug-likeness (QED) is 0.720. The number of sulfone groups is 1. The van der Waals surface area contributed by atoms with Gasteiger partial charge in [-0.2, -0.15) is 0 Å². The number of aliphatic hydroxyl groups excluding tert-OH is 1. The first-order chi connectivity index (χ1) is 6.97. The Bertz CT molecular complexity index is 288. The molecule has 1 heterocycles. The average Bonchev–Trinajstić information content (AvgIpc) is 2.55. The second-order valence-electron chi connectivity index (χ2n) is 4.39. The van der Waals surface area contributed by atoms with Crippen molar-refractivity contribution in [2.45, 2.75) is 44.7 Å². The van der Waals surface area contributed by atoms with Crippen LogP contribution in [0.2, 0.25) is 0 Å². The summed E-state index contributed by atoms with van der Waals surface area (Å²) in [6.07, 6.45) is 2.30. The standard InChI is InChI=1S/C10H21NO3S/c1-3-10(4-2,8-12)11-9-5-6-15(13,14)7-9/h9,11-12H,3-8H2,1-2H3. The summed E-state index contributed by atoms with van der Waals surface area (Å²) in [6, 6.07) is 0.0158. The Labute approximate surface area is 92.0 Å². The Hall–Kier alpha value is -0.130. The van der Waals surface area contributed by atoms with Crippen molar-refractivity contribution in [2.75, 3.05) is 18.1 Å². The van der Waals surface area contributed by atoms with Gasteiger partial charge in [-0.15, -0.1) is 0 Å². The highest BCUT2D eigenvalue weighted by molar-refractivity contribution is 7.91. The van der Waals surface area contributed by atoms with Crippen molar-refractivity contribution in [3.05, 3.63) is 0 Å². The van der Waals surface area contributed by atoms with Gasteiger partial charge in [-0.3, -0.25) is 0 Å². The van der Waals surface area contributed by atoms with Crippen LogP contribution in [0.4, 0.5) is 0 Å². The van der Waals surface area contributed by atoms with E-state index in [0.717, 1.165) is 12.8 Å². The Kier molecular flexibility index (Phi) is 4.14. The molecule has 0 saturated carbocycles. The lowest BCUT2D eigenvalue weighted by Gasteiger charge is -2.33. The lowest BCUT2D eigenvalue weighted by Crippen LogP contribution is -2.52. The molecular weight excluding hydrogens is 214 g/mol. The molecule has 1 fully saturated rings. The van der Waals surface area contributed by atoms with Crippen molar-refractivity contribution in [1.82, 2.24) is 5.32 Å². The van der Waals surface area contributed by atoms with Gasteiger partial charge in [-0.25, -0.2) is 8.42 Å². The van der Waals surface area contributed by atoms with Crippen LogP contribution in [0.5, 0.6) is 0 Å². The number of hydrogen-bond acceptors (Lipinski definition) is 4. The van der Waals surface area contributed by atoms with Gasteiger partial charge in [-0.1, -0.05) is 13.8 Å². The normalized spacial score (nSPS) is 25.7. The highest BCUT2D eigenvalue weighted by Crippen LogP contribution is 2.20. The van der Waals surface area contributed by atoms with E-state index in [1.807, 2.05) is 13.8 Å². The summed E-state index contributed by atoms with van der Waals surface area (Å²) in [6.45, 7) is 4.09. The van der Waals surface area contributed by atoms with E-state index >= 15 is 0 Å². The summed E-state index contributed by atoms with van der Waals surface area (Å²) in [5.74, 6) is 0.494. The maximum atomic E-state index is 11.3. The molecular formula is C10H21NO3S. The topological polar surface area (TPSA) is 66.4 Å². The molecule has 1 atom stereocenters. The van der Waals surface area contributed by atoms with Gasteiger partial charge >= 0.3 is 0 Å². The minimum absolute atomic E-state index is 0.0158. The molecule has 4 nitrogen and oxygen atoms in total. The molecule has 15 heavy (non-hydrogen) atoms. The van der Waals surface area contributed by atoms with Crippen molar-refractivity contribution < 1.29 is 13.5 Å². The summed E-state index contributed by atoms with van der Waals surface area (Å²) >= 11 is 0. The molecule has 1 aliphatic rings. The van der Waals surface area contributed by atoms with Crippen LogP contribution >= 0.6 is 0 Å². The maximum Gasteiger partial charge on any atom is 0.151 e. The van der Waals surface area contributed by atoms with E-state index in [9.17, 15) is 13.5 Å². The Morgan fingerprint density at radius 2 is 2.00 bits per heavy atom. The van der Waals surface area contributed by atoms with E-state index in [1.165, 1.54) is 0 Å². The molecule has 5 heteroatoms. The number of nitrogens with one attached hydrogen (secondary N) is 1. The van der Waals surface area contributed by atoms with E-state index in [2.05, 4.69) is 5.32 Å². The molecule has 0 aromatic carbocycles. The van der Waals surface area contributed by atoms with Crippen molar-refractivity contribution in [1.29, 1.82) is 0 Å².